The van der Waals surface area contributed by atoms with E-state index in [1.807, 2.05) is 23.1 Å². The molecule has 1 amide bonds. The molecule has 0 aromatic heterocycles. The summed E-state index contributed by atoms with van der Waals surface area (Å²) in [7, 11) is 0. The molecule has 0 spiro atoms. The molecule has 1 aromatic rings. The maximum Gasteiger partial charge on any atom is 0.307 e. The molecule has 2 fully saturated rings. The molecule has 0 bridgehead atoms. The van der Waals surface area contributed by atoms with Crippen LogP contribution in [0.4, 0.5) is 0 Å². The summed E-state index contributed by atoms with van der Waals surface area (Å²) in [4.78, 5) is 25.8. The van der Waals surface area contributed by atoms with Crippen LogP contribution in [-0.2, 0) is 9.59 Å². The van der Waals surface area contributed by atoms with Gasteiger partial charge < -0.3 is 10.4 Å². The van der Waals surface area contributed by atoms with E-state index in [-0.39, 0.29) is 24.4 Å². The number of hydrogen-bond acceptors (Lipinski definition) is 3. The number of nitrogens with one attached hydrogen (secondary N) is 1. The van der Waals surface area contributed by atoms with Crippen LogP contribution in [0.2, 0.25) is 0 Å². The number of carbonyl (C=O) groups excluding carboxylic acids is 1. The summed E-state index contributed by atoms with van der Waals surface area (Å²) in [5, 5.41) is 12.4. The highest BCUT2D eigenvalue weighted by Crippen LogP contribution is 2.40. The molecule has 1 heterocycles. The maximum atomic E-state index is 12.5. The highest BCUT2D eigenvalue weighted by molar-refractivity contribution is 5.79. The van der Waals surface area contributed by atoms with Crippen molar-refractivity contribution in [2.45, 2.75) is 32.2 Å². The number of rotatable bonds is 6. The number of hydrogen-bond donors (Lipinski definition) is 2. The van der Waals surface area contributed by atoms with Gasteiger partial charge in [0.25, 0.3) is 0 Å². The summed E-state index contributed by atoms with van der Waals surface area (Å²) in [6.45, 7) is 3.59. The molecule has 2 aliphatic rings. The highest BCUT2D eigenvalue weighted by atomic mass is 16.4. The molecule has 0 radical (unpaired) electrons. The van der Waals surface area contributed by atoms with Crippen molar-refractivity contribution in [2.24, 2.45) is 17.8 Å². The van der Waals surface area contributed by atoms with Gasteiger partial charge in [-0.1, -0.05) is 37.3 Å². The Morgan fingerprint density at radius 1 is 1.25 bits per heavy atom. The fourth-order valence-electron chi connectivity index (χ4n) is 3.76. The minimum absolute atomic E-state index is 0.00556. The number of carboxylic acid groups (broad SMARTS) is 1. The lowest BCUT2D eigenvalue weighted by atomic mass is 9.90. The summed E-state index contributed by atoms with van der Waals surface area (Å²) in [6.07, 6.45) is 3.01. The van der Waals surface area contributed by atoms with Gasteiger partial charge in [0.2, 0.25) is 5.91 Å². The van der Waals surface area contributed by atoms with Crippen LogP contribution in [0.25, 0.3) is 0 Å². The van der Waals surface area contributed by atoms with E-state index in [1.54, 1.807) is 0 Å². The van der Waals surface area contributed by atoms with Crippen molar-refractivity contribution in [3.8, 4) is 0 Å². The van der Waals surface area contributed by atoms with Gasteiger partial charge in [-0.05, 0) is 36.7 Å². The van der Waals surface area contributed by atoms with Crippen molar-refractivity contribution in [2.75, 3.05) is 19.6 Å². The van der Waals surface area contributed by atoms with E-state index >= 15 is 0 Å². The molecule has 24 heavy (non-hydrogen) atoms. The van der Waals surface area contributed by atoms with Gasteiger partial charge in [0, 0.05) is 13.1 Å². The van der Waals surface area contributed by atoms with Crippen LogP contribution in [0.3, 0.4) is 0 Å². The van der Waals surface area contributed by atoms with E-state index in [0.717, 1.165) is 24.9 Å². The van der Waals surface area contributed by atoms with Crippen molar-refractivity contribution in [3.05, 3.63) is 35.9 Å². The third-order valence-corrected chi connectivity index (χ3v) is 5.02. The fourth-order valence-corrected chi connectivity index (χ4v) is 3.76. The third-order valence-electron chi connectivity index (χ3n) is 5.02. The normalized spacial score (nSPS) is 25.9. The Kier molecular flexibility index (Phi) is 5.19. The Labute approximate surface area is 143 Å². The molecule has 5 heteroatoms. The lowest BCUT2D eigenvalue weighted by Crippen LogP contribution is -2.47. The molecule has 1 aliphatic carbocycles. The number of aliphatic carboxylic acids is 1. The number of amides is 1. The largest absolute Gasteiger partial charge is 0.481 e. The van der Waals surface area contributed by atoms with Gasteiger partial charge >= 0.3 is 5.97 Å². The Morgan fingerprint density at radius 2 is 1.96 bits per heavy atom. The molecule has 3 rings (SSSR count). The number of benzene rings is 1. The van der Waals surface area contributed by atoms with E-state index in [1.165, 1.54) is 0 Å². The average Bonchev–Trinajstić information content (AvgIpc) is 3.37. The van der Waals surface area contributed by atoms with Crippen LogP contribution in [0.5, 0.6) is 0 Å². The predicted molar refractivity (Wildman–Crippen MR) is 91.4 cm³/mol. The lowest BCUT2D eigenvalue weighted by molar-refractivity contribution is -0.145. The summed E-state index contributed by atoms with van der Waals surface area (Å²) >= 11 is 0. The zero-order valence-corrected chi connectivity index (χ0v) is 14.1. The predicted octanol–water partition coefficient (Wildman–Crippen LogP) is 2.30. The van der Waals surface area contributed by atoms with Crippen LogP contribution in [0.15, 0.2) is 30.3 Å². The van der Waals surface area contributed by atoms with Gasteiger partial charge in [-0.2, -0.15) is 0 Å². The van der Waals surface area contributed by atoms with Crippen molar-refractivity contribution in [3.63, 3.8) is 0 Å². The minimum atomic E-state index is -0.757. The van der Waals surface area contributed by atoms with Crippen molar-refractivity contribution in [1.29, 1.82) is 0 Å². The van der Waals surface area contributed by atoms with Gasteiger partial charge in [-0.3, -0.25) is 14.5 Å². The molecule has 1 aromatic carbocycles. The molecular weight excluding hydrogens is 304 g/mol. The van der Waals surface area contributed by atoms with Gasteiger partial charge in [-0.15, -0.1) is 0 Å². The summed E-state index contributed by atoms with van der Waals surface area (Å²) in [5.74, 6) is -0.291. The Hall–Kier alpha value is -1.88. The zero-order chi connectivity index (χ0) is 17.1. The molecule has 1 saturated heterocycles. The van der Waals surface area contributed by atoms with E-state index in [9.17, 15) is 14.7 Å². The first-order valence-corrected chi connectivity index (χ1v) is 8.82. The van der Waals surface area contributed by atoms with Crippen molar-refractivity contribution >= 4 is 11.9 Å². The van der Waals surface area contributed by atoms with Gasteiger partial charge in [-0.25, -0.2) is 0 Å². The first kappa shape index (κ1) is 17.0. The smallest absolute Gasteiger partial charge is 0.307 e. The second-order valence-electron chi connectivity index (χ2n) is 7.36. The highest BCUT2D eigenvalue weighted by Gasteiger charge is 2.34. The van der Waals surface area contributed by atoms with Crippen molar-refractivity contribution in [1.82, 2.24) is 10.2 Å². The quantitative estimate of drug-likeness (QED) is 0.840. The average molecular weight is 330 g/mol. The standard InChI is InChI=1S/C19H26N2O3/c1-13-9-16(19(23)24)11-21(10-13)12-17(22)20-18(15-7-8-15)14-5-3-2-4-6-14/h2-6,13,15-16,18H,7-12H2,1H3,(H,20,22)(H,23,24). The Morgan fingerprint density at radius 3 is 2.58 bits per heavy atom. The minimum Gasteiger partial charge on any atom is -0.481 e. The second-order valence-corrected chi connectivity index (χ2v) is 7.36. The maximum absolute atomic E-state index is 12.5. The molecule has 130 valence electrons. The van der Waals surface area contributed by atoms with E-state index in [2.05, 4.69) is 24.4 Å². The zero-order valence-electron chi connectivity index (χ0n) is 14.1. The number of nitrogens with zero attached hydrogens (tertiary/aromatic N) is 1. The molecule has 5 nitrogen and oxygen atoms in total. The van der Waals surface area contributed by atoms with E-state index in [0.29, 0.717) is 24.8 Å². The topological polar surface area (TPSA) is 69.6 Å². The van der Waals surface area contributed by atoms with Crippen LogP contribution in [0, 0.1) is 17.8 Å². The van der Waals surface area contributed by atoms with Gasteiger partial charge in [0.1, 0.15) is 0 Å². The van der Waals surface area contributed by atoms with Crippen molar-refractivity contribution < 1.29 is 14.7 Å². The number of likely N-dealkylation sites (tertiary alicyclic amines) is 1. The first-order chi connectivity index (χ1) is 11.5. The molecule has 3 unspecified atom stereocenters. The lowest BCUT2D eigenvalue weighted by Gasteiger charge is -2.34. The summed E-state index contributed by atoms with van der Waals surface area (Å²) in [5.41, 5.74) is 1.16. The van der Waals surface area contributed by atoms with E-state index in [4.69, 9.17) is 0 Å². The monoisotopic (exact) mass is 330 g/mol. The SMILES string of the molecule is CC1CC(C(=O)O)CN(CC(=O)NC(c2ccccc2)C2CC2)C1. The van der Waals surface area contributed by atoms with Crippen LogP contribution in [0.1, 0.15) is 37.8 Å². The van der Waals surface area contributed by atoms with Crippen LogP contribution >= 0.6 is 0 Å². The second kappa shape index (κ2) is 7.34. The molecular formula is C19H26N2O3. The Bertz CT molecular complexity index is 586. The molecule has 2 N–H and O–H groups in total. The fraction of sp³-hybridized carbons (Fsp3) is 0.579. The third kappa shape index (κ3) is 4.35. The Balaban J connectivity index is 1.59. The summed E-state index contributed by atoms with van der Waals surface area (Å²) in [6, 6.07) is 10.2. The van der Waals surface area contributed by atoms with Crippen LogP contribution < -0.4 is 5.32 Å². The number of carbonyl (C=O) groups is 2. The molecule has 1 aliphatic heterocycles. The van der Waals surface area contributed by atoms with Gasteiger partial charge in [0.05, 0.1) is 18.5 Å². The molecule has 3 atom stereocenters. The molecule has 1 saturated carbocycles. The number of carboxylic acids is 1. The van der Waals surface area contributed by atoms with E-state index < -0.39 is 5.97 Å². The first-order valence-electron chi connectivity index (χ1n) is 8.82. The van der Waals surface area contributed by atoms with Gasteiger partial charge in [0.15, 0.2) is 0 Å². The van der Waals surface area contributed by atoms with Crippen LogP contribution in [-0.4, -0.2) is 41.5 Å². The summed E-state index contributed by atoms with van der Waals surface area (Å²) < 4.78 is 0. The number of piperidine rings is 1.